The van der Waals surface area contributed by atoms with Gasteiger partial charge >= 0.3 is 0 Å². The van der Waals surface area contributed by atoms with Gasteiger partial charge in [-0.3, -0.25) is 4.90 Å². The molecule has 0 spiro atoms. The van der Waals surface area contributed by atoms with Gasteiger partial charge in [-0.05, 0) is 37.8 Å². The SMILES string of the molecule is CC1(C)CCCN([C@H]2CS(=O)(=O)C[C@H]2O)CC1. The summed E-state index contributed by atoms with van der Waals surface area (Å²) in [6.07, 6.45) is 2.66. The van der Waals surface area contributed by atoms with Crippen LogP contribution in [0, 0.1) is 5.41 Å². The summed E-state index contributed by atoms with van der Waals surface area (Å²) < 4.78 is 23.0. The number of nitrogens with zero attached hydrogens (tertiary/aromatic N) is 1. The number of hydrogen-bond acceptors (Lipinski definition) is 4. The molecule has 17 heavy (non-hydrogen) atoms. The monoisotopic (exact) mass is 261 g/mol. The molecule has 2 rings (SSSR count). The van der Waals surface area contributed by atoms with Crippen LogP contribution in [0.4, 0.5) is 0 Å². The minimum atomic E-state index is -3.03. The number of sulfone groups is 1. The molecule has 0 unspecified atom stereocenters. The predicted molar refractivity (Wildman–Crippen MR) is 67.7 cm³/mol. The fourth-order valence-electron chi connectivity index (χ4n) is 2.93. The van der Waals surface area contributed by atoms with Gasteiger partial charge in [-0.15, -0.1) is 0 Å². The molecule has 2 heterocycles. The van der Waals surface area contributed by atoms with Crippen LogP contribution in [0.3, 0.4) is 0 Å². The lowest BCUT2D eigenvalue weighted by atomic mass is 9.85. The molecule has 5 heteroatoms. The van der Waals surface area contributed by atoms with Crippen LogP contribution < -0.4 is 0 Å². The van der Waals surface area contributed by atoms with E-state index < -0.39 is 15.9 Å². The van der Waals surface area contributed by atoms with E-state index in [1.165, 1.54) is 6.42 Å². The smallest absolute Gasteiger partial charge is 0.154 e. The molecule has 0 saturated carbocycles. The fourth-order valence-corrected chi connectivity index (χ4v) is 4.77. The summed E-state index contributed by atoms with van der Waals surface area (Å²) in [6, 6.07) is -0.172. The number of hydrogen-bond donors (Lipinski definition) is 1. The van der Waals surface area contributed by atoms with Crippen molar-refractivity contribution in [3.63, 3.8) is 0 Å². The minimum Gasteiger partial charge on any atom is -0.390 e. The number of likely N-dealkylation sites (tertiary alicyclic amines) is 1. The Labute approximate surface area is 104 Å². The molecule has 2 atom stereocenters. The first-order valence-electron chi connectivity index (χ1n) is 6.42. The largest absolute Gasteiger partial charge is 0.390 e. The highest BCUT2D eigenvalue weighted by atomic mass is 32.2. The maximum atomic E-state index is 11.5. The van der Waals surface area contributed by atoms with Crippen LogP contribution in [-0.2, 0) is 9.84 Å². The van der Waals surface area contributed by atoms with Gasteiger partial charge < -0.3 is 5.11 Å². The zero-order valence-corrected chi connectivity index (χ0v) is 11.5. The standard InChI is InChI=1S/C12H23NO3S/c1-12(2)4-3-6-13(7-5-12)10-8-17(15,16)9-11(10)14/h10-11,14H,3-9H2,1-2H3/t10-,11+/m0/s1. The van der Waals surface area contributed by atoms with Gasteiger partial charge in [0.1, 0.15) is 0 Å². The normalized spacial score (nSPS) is 37.8. The van der Waals surface area contributed by atoms with Gasteiger partial charge in [-0.25, -0.2) is 8.42 Å². The van der Waals surface area contributed by atoms with Crippen molar-refractivity contribution < 1.29 is 13.5 Å². The minimum absolute atomic E-state index is 0.0580. The summed E-state index contributed by atoms with van der Waals surface area (Å²) in [5.41, 5.74) is 0.344. The van der Waals surface area contributed by atoms with E-state index in [2.05, 4.69) is 18.7 Å². The van der Waals surface area contributed by atoms with Crippen molar-refractivity contribution in [3.8, 4) is 0 Å². The second kappa shape index (κ2) is 4.52. The zero-order chi connectivity index (χ0) is 12.7. The molecule has 2 aliphatic rings. The predicted octanol–water partition coefficient (Wildman–Crippen LogP) is 0.656. The van der Waals surface area contributed by atoms with Crippen molar-refractivity contribution in [1.82, 2.24) is 4.90 Å². The molecule has 0 aromatic rings. The molecule has 0 aliphatic carbocycles. The molecule has 0 amide bonds. The van der Waals surface area contributed by atoms with E-state index >= 15 is 0 Å². The zero-order valence-electron chi connectivity index (χ0n) is 10.7. The number of aliphatic hydroxyl groups is 1. The Bertz CT molecular complexity index is 377. The maximum absolute atomic E-state index is 11.5. The van der Waals surface area contributed by atoms with Gasteiger partial charge in [0.25, 0.3) is 0 Å². The van der Waals surface area contributed by atoms with E-state index in [-0.39, 0.29) is 17.5 Å². The molecule has 2 fully saturated rings. The maximum Gasteiger partial charge on any atom is 0.154 e. The van der Waals surface area contributed by atoms with E-state index in [1.54, 1.807) is 0 Å². The van der Waals surface area contributed by atoms with Crippen LogP contribution >= 0.6 is 0 Å². The van der Waals surface area contributed by atoms with Crippen LogP contribution in [0.1, 0.15) is 33.1 Å². The second-order valence-electron chi connectivity index (χ2n) is 6.27. The Morgan fingerprint density at radius 2 is 1.88 bits per heavy atom. The highest BCUT2D eigenvalue weighted by Crippen LogP contribution is 2.31. The number of rotatable bonds is 1. The molecule has 0 radical (unpaired) electrons. The highest BCUT2D eigenvalue weighted by Gasteiger charge is 2.40. The summed E-state index contributed by atoms with van der Waals surface area (Å²) in [5, 5.41) is 9.88. The van der Waals surface area contributed by atoms with Crippen molar-refractivity contribution >= 4 is 9.84 Å². The average Bonchev–Trinajstić information content (AvgIpc) is 2.35. The van der Waals surface area contributed by atoms with Crippen molar-refractivity contribution in [2.24, 2.45) is 5.41 Å². The molecular weight excluding hydrogens is 238 g/mol. The van der Waals surface area contributed by atoms with E-state index in [0.29, 0.717) is 5.41 Å². The quantitative estimate of drug-likeness (QED) is 0.753. The van der Waals surface area contributed by atoms with Gasteiger partial charge in [-0.1, -0.05) is 13.8 Å². The van der Waals surface area contributed by atoms with Gasteiger partial charge in [0, 0.05) is 0 Å². The molecule has 1 N–H and O–H groups in total. The van der Waals surface area contributed by atoms with Crippen LogP contribution in [-0.4, -0.2) is 55.2 Å². The molecule has 0 aromatic carbocycles. The third-order valence-corrected chi connectivity index (χ3v) is 5.84. The van der Waals surface area contributed by atoms with Crippen LogP contribution in [0.5, 0.6) is 0 Å². The van der Waals surface area contributed by atoms with Crippen molar-refractivity contribution in [2.45, 2.75) is 45.3 Å². The fraction of sp³-hybridized carbons (Fsp3) is 1.00. The Morgan fingerprint density at radius 3 is 2.47 bits per heavy atom. The van der Waals surface area contributed by atoms with Crippen molar-refractivity contribution in [2.75, 3.05) is 24.6 Å². The molecule has 2 saturated heterocycles. The summed E-state index contributed by atoms with van der Waals surface area (Å²) >= 11 is 0. The van der Waals surface area contributed by atoms with E-state index in [9.17, 15) is 13.5 Å². The first-order chi connectivity index (χ1) is 7.79. The third kappa shape index (κ3) is 3.20. The van der Waals surface area contributed by atoms with Gasteiger partial charge in [0.2, 0.25) is 0 Å². The van der Waals surface area contributed by atoms with Crippen LogP contribution in [0.15, 0.2) is 0 Å². The third-order valence-electron chi connectivity index (χ3n) is 4.14. The lowest BCUT2D eigenvalue weighted by molar-refractivity contribution is 0.0834. The first-order valence-corrected chi connectivity index (χ1v) is 8.24. The molecule has 2 aliphatic heterocycles. The Balaban J connectivity index is 2.04. The average molecular weight is 261 g/mol. The molecular formula is C12H23NO3S. The Morgan fingerprint density at radius 1 is 1.18 bits per heavy atom. The van der Waals surface area contributed by atoms with Crippen molar-refractivity contribution in [1.29, 1.82) is 0 Å². The van der Waals surface area contributed by atoms with Crippen LogP contribution in [0.25, 0.3) is 0 Å². The molecule has 100 valence electrons. The summed E-state index contributed by atoms with van der Waals surface area (Å²) in [6.45, 7) is 6.35. The lowest BCUT2D eigenvalue weighted by Gasteiger charge is -2.29. The summed E-state index contributed by atoms with van der Waals surface area (Å²) in [5.74, 6) is 0.0756. The Hall–Kier alpha value is -0.130. The summed E-state index contributed by atoms with van der Waals surface area (Å²) in [7, 11) is -3.03. The Kier molecular flexibility index (Phi) is 3.54. The van der Waals surface area contributed by atoms with E-state index in [4.69, 9.17) is 0 Å². The molecule has 0 aromatic heterocycles. The number of aliphatic hydroxyl groups excluding tert-OH is 1. The topological polar surface area (TPSA) is 57.6 Å². The lowest BCUT2D eigenvalue weighted by Crippen LogP contribution is -2.43. The van der Waals surface area contributed by atoms with Gasteiger partial charge in [-0.2, -0.15) is 0 Å². The van der Waals surface area contributed by atoms with Crippen molar-refractivity contribution in [3.05, 3.63) is 0 Å². The second-order valence-corrected chi connectivity index (χ2v) is 8.42. The van der Waals surface area contributed by atoms with E-state index in [0.717, 1.165) is 25.9 Å². The molecule has 4 nitrogen and oxygen atoms in total. The molecule has 0 bridgehead atoms. The van der Waals surface area contributed by atoms with E-state index in [1.807, 2.05) is 0 Å². The van der Waals surface area contributed by atoms with Gasteiger partial charge in [0.05, 0.1) is 23.7 Å². The van der Waals surface area contributed by atoms with Gasteiger partial charge in [0.15, 0.2) is 9.84 Å². The summed E-state index contributed by atoms with van der Waals surface area (Å²) in [4.78, 5) is 2.18. The highest BCUT2D eigenvalue weighted by molar-refractivity contribution is 7.91. The van der Waals surface area contributed by atoms with Crippen LogP contribution in [0.2, 0.25) is 0 Å². The first kappa shape index (κ1) is 13.3.